The maximum atomic E-state index is 10.3. The minimum absolute atomic E-state index is 0.270. The second-order valence-corrected chi connectivity index (χ2v) is 4.95. The molecule has 0 aromatic heterocycles. The van der Waals surface area contributed by atoms with E-state index in [1.54, 1.807) is 0 Å². The van der Waals surface area contributed by atoms with Crippen LogP contribution in [-0.4, -0.2) is 11.7 Å². The monoisotopic (exact) mass is 218 g/mol. The summed E-state index contributed by atoms with van der Waals surface area (Å²) in [5, 5.41) is 10.3. The molecule has 1 unspecified atom stereocenters. The van der Waals surface area contributed by atoms with Crippen molar-refractivity contribution in [2.75, 3.05) is 6.61 Å². The van der Waals surface area contributed by atoms with Crippen LogP contribution in [0.4, 0.5) is 0 Å². The lowest BCUT2D eigenvalue weighted by Gasteiger charge is -2.18. The van der Waals surface area contributed by atoms with Crippen LogP contribution >= 0.6 is 0 Å². The highest BCUT2D eigenvalue weighted by atomic mass is 16.5. The predicted octanol–water partition coefficient (Wildman–Crippen LogP) is 2.85. The Labute approximate surface area is 96.2 Å². The van der Waals surface area contributed by atoms with Crippen molar-refractivity contribution < 1.29 is 9.84 Å². The number of rotatable bonds is 2. The van der Waals surface area contributed by atoms with Gasteiger partial charge in [0, 0.05) is 6.42 Å². The molecule has 2 nitrogen and oxygen atoms in total. The molecule has 1 aliphatic heterocycles. The van der Waals surface area contributed by atoms with Gasteiger partial charge in [-0.25, -0.2) is 0 Å². The molecule has 2 heteroatoms. The summed E-state index contributed by atoms with van der Waals surface area (Å²) in [4.78, 5) is 0. The van der Waals surface area contributed by atoms with Gasteiger partial charge in [-0.05, 0) is 42.0 Å². The summed E-state index contributed by atoms with van der Waals surface area (Å²) in [7, 11) is 0. The second kappa shape index (κ2) is 4.10. The van der Waals surface area contributed by atoms with Gasteiger partial charge >= 0.3 is 0 Å². The van der Waals surface area contributed by atoms with Crippen molar-refractivity contribution in [1.29, 1.82) is 0 Å². The summed E-state index contributed by atoms with van der Waals surface area (Å²) in [5.74, 6) is 1.47. The van der Waals surface area contributed by atoms with E-state index in [0.29, 0.717) is 5.92 Å². The fourth-order valence-electron chi connectivity index (χ4n) is 2.94. The van der Waals surface area contributed by atoms with E-state index >= 15 is 0 Å². The van der Waals surface area contributed by atoms with Crippen molar-refractivity contribution in [2.45, 2.75) is 38.2 Å². The van der Waals surface area contributed by atoms with E-state index in [1.165, 1.54) is 31.2 Å². The van der Waals surface area contributed by atoms with Gasteiger partial charge in [-0.3, -0.25) is 0 Å². The molecule has 1 aromatic rings. The van der Waals surface area contributed by atoms with Crippen LogP contribution in [0.3, 0.4) is 0 Å². The summed E-state index contributed by atoms with van der Waals surface area (Å²) >= 11 is 0. The SMILES string of the molecule is OC(c1ccc2c(c1)CCO2)C1CCCC1. The molecule has 2 aliphatic rings. The van der Waals surface area contributed by atoms with Gasteiger partial charge in [-0.15, -0.1) is 0 Å². The topological polar surface area (TPSA) is 29.5 Å². The average Bonchev–Trinajstić information content (AvgIpc) is 2.98. The van der Waals surface area contributed by atoms with Crippen molar-refractivity contribution in [3.05, 3.63) is 29.3 Å². The largest absolute Gasteiger partial charge is 0.493 e. The quantitative estimate of drug-likeness (QED) is 0.827. The zero-order chi connectivity index (χ0) is 11.0. The van der Waals surface area contributed by atoms with E-state index in [4.69, 9.17) is 4.74 Å². The van der Waals surface area contributed by atoms with Crippen LogP contribution in [0.5, 0.6) is 5.75 Å². The molecule has 0 bridgehead atoms. The first-order valence-electron chi connectivity index (χ1n) is 6.28. The summed E-state index contributed by atoms with van der Waals surface area (Å²) < 4.78 is 5.48. The molecular weight excluding hydrogens is 200 g/mol. The molecule has 1 fully saturated rings. The van der Waals surface area contributed by atoms with Crippen molar-refractivity contribution in [3.63, 3.8) is 0 Å². The Bertz CT molecular complexity index is 380. The van der Waals surface area contributed by atoms with Gasteiger partial charge in [0.1, 0.15) is 5.75 Å². The second-order valence-electron chi connectivity index (χ2n) is 4.95. The zero-order valence-corrected chi connectivity index (χ0v) is 9.48. The normalized spacial score (nSPS) is 21.8. The Morgan fingerprint density at radius 1 is 1.25 bits per heavy atom. The van der Waals surface area contributed by atoms with Crippen LogP contribution < -0.4 is 4.74 Å². The number of aliphatic hydroxyl groups is 1. The Balaban J connectivity index is 1.83. The van der Waals surface area contributed by atoms with E-state index in [0.717, 1.165) is 24.3 Å². The van der Waals surface area contributed by atoms with E-state index < -0.39 is 0 Å². The molecule has 0 saturated heterocycles. The number of ether oxygens (including phenoxy) is 1. The van der Waals surface area contributed by atoms with Crippen LogP contribution in [-0.2, 0) is 6.42 Å². The van der Waals surface area contributed by atoms with Crippen molar-refractivity contribution in [3.8, 4) is 5.75 Å². The van der Waals surface area contributed by atoms with Crippen LogP contribution in [0.25, 0.3) is 0 Å². The molecule has 0 spiro atoms. The highest BCUT2D eigenvalue weighted by Gasteiger charge is 2.25. The maximum Gasteiger partial charge on any atom is 0.122 e. The maximum absolute atomic E-state index is 10.3. The van der Waals surface area contributed by atoms with Gasteiger partial charge in [0.05, 0.1) is 12.7 Å². The van der Waals surface area contributed by atoms with Crippen molar-refractivity contribution >= 4 is 0 Å². The minimum Gasteiger partial charge on any atom is -0.493 e. The van der Waals surface area contributed by atoms with E-state index in [9.17, 15) is 5.11 Å². The molecule has 1 aliphatic carbocycles. The Kier molecular flexibility index (Phi) is 2.60. The first-order valence-corrected chi connectivity index (χ1v) is 6.28. The highest BCUT2D eigenvalue weighted by molar-refractivity contribution is 5.40. The molecule has 1 aromatic carbocycles. The van der Waals surface area contributed by atoms with Crippen molar-refractivity contribution in [1.82, 2.24) is 0 Å². The Hall–Kier alpha value is -1.02. The summed E-state index contributed by atoms with van der Waals surface area (Å²) in [6.07, 6.45) is 5.61. The average molecular weight is 218 g/mol. The molecule has 1 saturated carbocycles. The molecule has 1 atom stereocenters. The minimum atomic E-state index is -0.270. The van der Waals surface area contributed by atoms with E-state index in [-0.39, 0.29) is 6.10 Å². The summed E-state index contributed by atoms with van der Waals surface area (Å²) in [6.45, 7) is 0.790. The van der Waals surface area contributed by atoms with Crippen LogP contribution in [0.15, 0.2) is 18.2 Å². The summed E-state index contributed by atoms with van der Waals surface area (Å²) in [6, 6.07) is 6.16. The number of fused-ring (bicyclic) bond motifs is 1. The third-order valence-corrected chi connectivity index (χ3v) is 3.90. The number of aliphatic hydroxyl groups excluding tert-OH is 1. The van der Waals surface area contributed by atoms with Gasteiger partial charge < -0.3 is 9.84 Å². The highest BCUT2D eigenvalue weighted by Crippen LogP contribution is 2.37. The molecule has 86 valence electrons. The first-order chi connectivity index (χ1) is 7.84. The molecule has 1 N–H and O–H groups in total. The molecule has 1 heterocycles. The fourth-order valence-corrected chi connectivity index (χ4v) is 2.94. The smallest absolute Gasteiger partial charge is 0.122 e. The fraction of sp³-hybridized carbons (Fsp3) is 0.571. The van der Waals surface area contributed by atoms with Gasteiger partial charge in [0.15, 0.2) is 0 Å². The van der Waals surface area contributed by atoms with Crippen LogP contribution in [0.2, 0.25) is 0 Å². The molecular formula is C14H18O2. The first kappa shape index (κ1) is 10.2. The van der Waals surface area contributed by atoms with E-state index in [1.807, 2.05) is 12.1 Å². The summed E-state index contributed by atoms with van der Waals surface area (Å²) in [5.41, 5.74) is 2.34. The third kappa shape index (κ3) is 1.71. The zero-order valence-electron chi connectivity index (χ0n) is 9.48. The number of hydrogen-bond donors (Lipinski definition) is 1. The lowest BCUT2D eigenvalue weighted by molar-refractivity contribution is 0.111. The van der Waals surface area contributed by atoms with Gasteiger partial charge in [-0.2, -0.15) is 0 Å². The Morgan fingerprint density at radius 3 is 2.88 bits per heavy atom. The predicted molar refractivity (Wildman–Crippen MR) is 62.6 cm³/mol. The molecule has 16 heavy (non-hydrogen) atoms. The van der Waals surface area contributed by atoms with Gasteiger partial charge in [0.25, 0.3) is 0 Å². The molecule has 0 radical (unpaired) electrons. The number of hydrogen-bond acceptors (Lipinski definition) is 2. The molecule has 3 rings (SSSR count). The van der Waals surface area contributed by atoms with Gasteiger partial charge in [-0.1, -0.05) is 18.9 Å². The third-order valence-electron chi connectivity index (χ3n) is 3.90. The standard InChI is InChI=1S/C14H18O2/c15-14(10-3-1-2-4-10)12-5-6-13-11(9-12)7-8-16-13/h5-6,9-10,14-15H,1-4,7-8H2. The lowest BCUT2D eigenvalue weighted by Crippen LogP contribution is -2.08. The van der Waals surface area contributed by atoms with Gasteiger partial charge in [0.2, 0.25) is 0 Å². The van der Waals surface area contributed by atoms with Crippen molar-refractivity contribution in [2.24, 2.45) is 5.92 Å². The van der Waals surface area contributed by atoms with Crippen LogP contribution in [0, 0.1) is 5.92 Å². The van der Waals surface area contributed by atoms with E-state index in [2.05, 4.69) is 6.07 Å². The Morgan fingerprint density at radius 2 is 2.06 bits per heavy atom. The van der Waals surface area contributed by atoms with Crippen LogP contribution in [0.1, 0.15) is 42.9 Å². The lowest BCUT2D eigenvalue weighted by atomic mass is 9.93. The number of benzene rings is 1. The molecule has 0 amide bonds.